The van der Waals surface area contributed by atoms with E-state index < -0.39 is 0 Å². The van der Waals surface area contributed by atoms with Crippen LogP contribution in [0, 0.1) is 52.3 Å². The van der Waals surface area contributed by atoms with Crippen molar-refractivity contribution in [1.82, 2.24) is 0 Å². The molecular formula is C25H44. The summed E-state index contributed by atoms with van der Waals surface area (Å²) in [5, 5.41) is 0. The molecule has 0 radical (unpaired) electrons. The lowest BCUT2D eigenvalue weighted by Crippen LogP contribution is -2.53. The van der Waals surface area contributed by atoms with Gasteiger partial charge in [-0.3, -0.25) is 0 Å². The van der Waals surface area contributed by atoms with Crippen LogP contribution in [0.5, 0.6) is 0 Å². The number of hydrogen-bond acceptors (Lipinski definition) is 0. The predicted molar refractivity (Wildman–Crippen MR) is 108 cm³/mol. The van der Waals surface area contributed by atoms with Gasteiger partial charge >= 0.3 is 0 Å². The van der Waals surface area contributed by atoms with Crippen LogP contribution in [0.25, 0.3) is 0 Å². The van der Waals surface area contributed by atoms with Gasteiger partial charge in [-0.25, -0.2) is 0 Å². The molecule has 4 fully saturated rings. The van der Waals surface area contributed by atoms with E-state index in [0.29, 0.717) is 10.8 Å². The lowest BCUT2D eigenvalue weighted by molar-refractivity contribution is -0.120. The molecule has 0 spiro atoms. The molecular weight excluding hydrogens is 300 g/mol. The third-order valence-corrected chi connectivity index (χ3v) is 10.4. The average molecular weight is 345 g/mol. The van der Waals surface area contributed by atoms with Gasteiger partial charge in [0, 0.05) is 0 Å². The molecule has 0 aromatic carbocycles. The third kappa shape index (κ3) is 2.75. The third-order valence-electron chi connectivity index (χ3n) is 10.4. The summed E-state index contributed by atoms with van der Waals surface area (Å²) in [5.74, 6) is 7.23. The monoisotopic (exact) mass is 344 g/mol. The zero-order valence-electron chi connectivity index (χ0n) is 17.8. The van der Waals surface area contributed by atoms with E-state index in [0.717, 1.165) is 41.4 Å². The molecule has 4 aliphatic carbocycles. The van der Waals surface area contributed by atoms with Gasteiger partial charge in [-0.1, -0.05) is 53.9 Å². The van der Waals surface area contributed by atoms with Gasteiger partial charge in [-0.05, 0) is 104 Å². The molecule has 9 atom stereocenters. The van der Waals surface area contributed by atoms with Gasteiger partial charge < -0.3 is 0 Å². The van der Waals surface area contributed by atoms with E-state index in [-0.39, 0.29) is 0 Å². The van der Waals surface area contributed by atoms with Crippen LogP contribution < -0.4 is 0 Å². The SMILES string of the molecule is CCC[C@@H](C)C1CCC2C3CCC4C[C@H](C)CCC4(C)C3CCC21C. The molecule has 0 N–H and O–H groups in total. The molecule has 4 saturated carbocycles. The second-order valence-electron chi connectivity index (χ2n) is 11.5. The van der Waals surface area contributed by atoms with Crippen LogP contribution >= 0.6 is 0 Å². The van der Waals surface area contributed by atoms with E-state index in [1.807, 2.05) is 0 Å². The summed E-state index contributed by atoms with van der Waals surface area (Å²) in [4.78, 5) is 0. The van der Waals surface area contributed by atoms with Crippen molar-refractivity contribution in [3.8, 4) is 0 Å². The van der Waals surface area contributed by atoms with E-state index >= 15 is 0 Å². The Kier molecular flexibility index (Phi) is 4.82. The van der Waals surface area contributed by atoms with Crippen molar-refractivity contribution in [3.63, 3.8) is 0 Å². The molecule has 144 valence electrons. The van der Waals surface area contributed by atoms with Crippen molar-refractivity contribution in [2.45, 2.75) is 105 Å². The zero-order valence-corrected chi connectivity index (χ0v) is 17.8. The summed E-state index contributed by atoms with van der Waals surface area (Å²) < 4.78 is 0. The maximum Gasteiger partial charge on any atom is -0.0264 e. The topological polar surface area (TPSA) is 0 Å². The van der Waals surface area contributed by atoms with Crippen LogP contribution in [0.1, 0.15) is 105 Å². The zero-order chi connectivity index (χ0) is 17.8. The van der Waals surface area contributed by atoms with Crippen molar-refractivity contribution >= 4 is 0 Å². The Hall–Kier alpha value is 0. The highest BCUT2D eigenvalue weighted by Gasteiger charge is 2.60. The Labute approximate surface area is 157 Å². The second kappa shape index (κ2) is 6.56. The van der Waals surface area contributed by atoms with Crippen molar-refractivity contribution in [1.29, 1.82) is 0 Å². The van der Waals surface area contributed by atoms with Crippen LogP contribution in [0.4, 0.5) is 0 Å². The maximum atomic E-state index is 2.73. The summed E-state index contributed by atoms with van der Waals surface area (Å²) in [5.41, 5.74) is 1.38. The van der Waals surface area contributed by atoms with Gasteiger partial charge in [0.1, 0.15) is 0 Å². The first kappa shape index (κ1) is 18.4. The molecule has 0 saturated heterocycles. The van der Waals surface area contributed by atoms with Crippen LogP contribution in [-0.4, -0.2) is 0 Å². The normalized spacial score (nSPS) is 53.6. The van der Waals surface area contributed by atoms with Gasteiger partial charge in [0.2, 0.25) is 0 Å². The molecule has 7 unspecified atom stereocenters. The molecule has 0 bridgehead atoms. The number of fused-ring (bicyclic) bond motifs is 5. The van der Waals surface area contributed by atoms with Crippen molar-refractivity contribution in [2.75, 3.05) is 0 Å². The molecule has 0 heteroatoms. The minimum absolute atomic E-state index is 0.681. The Morgan fingerprint density at radius 2 is 1.60 bits per heavy atom. The minimum atomic E-state index is 0.681. The Morgan fingerprint density at radius 1 is 0.880 bits per heavy atom. The van der Waals surface area contributed by atoms with Crippen molar-refractivity contribution in [3.05, 3.63) is 0 Å². The van der Waals surface area contributed by atoms with Crippen LogP contribution in [0.2, 0.25) is 0 Å². The van der Waals surface area contributed by atoms with Crippen LogP contribution in [0.3, 0.4) is 0 Å². The molecule has 0 nitrogen and oxygen atoms in total. The maximum absolute atomic E-state index is 2.73. The molecule has 25 heavy (non-hydrogen) atoms. The lowest BCUT2D eigenvalue weighted by atomic mass is 9.44. The van der Waals surface area contributed by atoms with Gasteiger partial charge in [0.05, 0.1) is 0 Å². The molecule has 0 aromatic heterocycles. The fourth-order valence-corrected chi connectivity index (χ4v) is 9.10. The predicted octanol–water partition coefficient (Wildman–Crippen LogP) is 7.72. The number of rotatable bonds is 3. The summed E-state index contributed by atoms with van der Waals surface area (Å²) in [6.45, 7) is 12.9. The van der Waals surface area contributed by atoms with E-state index in [2.05, 4.69) is 34.6 Å². The standard InChI is InChI=1S/C25H44/c1-6-7-18(3)21-10-11-22-20-9-8-19-16-17(2)12-14-24(19,4)23(20)13-15-25(21,22)5/h17-23H,6-16H2,1-5H3/t17-,18-,19?,20?,21?,22?,23?,24?,25?/m1/s1. The Balaban J connectivity index is 1.56. The molecule has 0 amide bonds. The van der Waals surface area contributed by atoms with E-state index in [1.54, 1.807) is 44.9 Å². The molecule has 4 aliphatic rings. The van der Waals surface area contributed by atoms with Crippen molar-refractivity contribution in [2.24, 2.45) is 52.3 Å². The van der Waals surface area contributed by atoms with E-state index in [4.69, 9.17) is 0 Å². The van der Waals surface area contributed by atoms with Gasteiger partial charge in [-0.15, -0.1) is 0 Å². The molecule has 0 aromatic rings. The lowest BCUT2D eigenvalue weighted by Gasteiger charge is -2.61. The fourth-order valence-electron chi connectivity index (χ4n) is 9.10. The average Bonchev–Trinajstić information content (AvgIpc) is 2.93. The summed E-state index contributed by atoms with van der Waals surface area (Å²) in [6, 6.07) is 0. The van der Waals surface area contributed by atoms with Crippen molar-refractivity contribution < 1.29 is 0 Å². The Morgan fingerprint density at radius 3 is 2.36 bits per heavy atom. The van der Waals surface area contributed by atoms with Crippen LogP contribution in [0.15, 0.2) is 0 Å². The molecule has 0 aliphatic heterocycles. The molecule has 4 rings (SSSR count). The minimum Gasteiger partial charge on any atom is -0.0654 e. The second-order valence-corrected chi connectivity index (χ2v) is 11.5. The fraction of sp³-hybridized carbons (Fsp3) is 1.00. The Bertz CT molecular complexity index is 480. The highest BCUT2D eigenvalue weighted by molar-refractivity contribution is 5.09. The smallest absolute Gasteiger partial charge is 0.0264 e. The highest BCUT2D eigenvalue weighted by atomic mass is 14.6. The first-order chi connectivity index (χ1) is 11.9. The van der Waals surface area contributed by atoms with E-state index in [9.17, 15) is 0 Å². The highest BCUT2D eigenvalue weighted by Crippen LogP contribution is 2.68. The molecule has 0 heterocycles. The van der Waals surface area contributed by atoms with Gasteiger partial charge in [0.15, 0.2) is 0 Å². The summed E-state index contributed by atoms with van der Waals surface area (Å²) in [6.07, 6.45) is 16.8. The van der Waals surface area contributed by atoms with Gasteiger partial charge in [-0.2, -0.15) is 0 Å². The van der Waals surface area contributed by atoms with Gasteiger partial charge in [0.25, 0.3) is 0 Å². The van der Waals surface area contributed by atoms with E-state index in [1.165, 1.54) is 25.7 Å². The summed E-state index contributed by atoms with van der Waals surface area (Å²) in [7, 11) is 0. The number of hydrogen-bond donors (Lipinski definition) is 0. The largest absolute Gasteiger partial charge is 0.0654 e. The first-order valence-electron chi connectivity index (χ1n) is 11.9. The quantitative estimate of drug-likeness (QED) is 0.491. The first-order valence-corrected chi connectivity index (χ1v) is 11.9. The van der Waals surface area contributed by atoms with Crippen LogP contribution in [-0.2, 0) is 0 Å². The summed E-state index contributed by atoms with van der Waals surface area (Å²) >= 11 is 0.